The van der Waals surface area contributed by atoms with E-state index in [9.17, 15) is 35.1 Å². The SMILES string of the molecule is CCCCCc1ccc(-c2ccc(-c3ccc(-c4cc(F)c(C(F)(F)Oc5ccc(OC(F)(F)F)c(F)c5)c(F)c4)cc3)c(F)c2)cc1. The van der Waals surface area contributed by atoms with Crippen molar-refractivity contribution >= 4 is 0 Å². The van der Waals surface area contributed by atoms with E-state index in [1.807, 2.05) is 24.3 Å². The van der Waals surface area contributed by atoms with Gasteiger partial charge < -0.3 is 9.47 Å². The minimum Gasteiger partial charge on any atom is -0.429 e. The first-order valence-corrected chi connectivity index (χ1v) is 14.9. The molecule has 5 rings (SSSR count). The molecule has 0 unspecified atom stereocenters. The van der Waals surface area contributed by atoms with Crippen LogP contribution in [-0.4, -0.2) is 6.36 Å². The van der Waals surface area contributed by atoms with Crippen molar-refractivity contribution in [3.63, 3.8) is 0 Å². The van der Waals surface area contributed by atoms with E-state index in [2.05, 4.69) is 16.4 Å². The lowest BCUT2D eigenvalue weighted by atomic mass is 9.96. The summed E-state index contributed by atoms with van der Waals surface area (Å²) in [6.45, 7) is 2.14. The van der Waals surface area contributed by atoms with Gasteiger partial charge in [0.2, 0.25) is 0 Å². The number of rotatable bonds is 11. The second-order valence-corrected chi connectivity index (χ2v) is 11.0. The Morgan fingerprint density at radius 3 is 1.67 bits per heavy atom. The number of unbranched alkanes of at least 4 members (excludes halogenated alkanes) is 2. The molecule has 0 bridgehead atoms. The van der Waals surface area contributed by atoms with Crippen LogP contribution < -0.4 is 9.47 Å². The van der Waals surface area contributed by atoms with E-state index in [-0.39, 0.29) is 22.8 Å². The summed E-state index contributed by atoms with van der Waals surface area (Å²) in [7, 11) is 0. The van der Waals surface area contributed by atoms with Gasteiger partial charge in [0.25, 0.3) is 0 Å². The zero-order valence-electron chi connectivity index (χ0n) is 25.3. The predicted octanol–water partition coefficient (Wildman–Crippen LogP) is 12.0. The third kappa shape index (κ3) is 8.13. The molecule has 0 saturated carbocycles. The topological polar surface area (TPSA) is 18.5 Å². The average Bonchev–Trinajstić information content (AvgIpc) is 3.02. The maximum absolute atomic E-state index is 15.2. The van der Waals surface area contributed by atoms with Gasteiger partial charge in [0.15, 0.2) is 11.6 Å². The summed E-state index contributed by atoms with van der Waals surface area (Å²) in [6, 6.07) is 21.0. The van der Waals surface area contributed by atoms with Gasteiger partial charge in [-0.15, -0.1) is 13.2 Å². The largest absolute Gasteiger partial charge is 0.573 e. The van der Waals surface area contributed by atoms with Gasteiger partial charge in [0.1, 0.15) is 28.8 Å². The maximum Gasteiger partial charge on any atom is 0.573 e. The third-order valence-corrected chi connectivity index (χ3v) is 7.56. The molecule has 11 heteroatoms. The third-order valence-electron chi connectivity index (χ3n) is 7.56. The highest BCUT2D eigenvalue weighted by Gasteiger charge is 2.41. The zero-order chi connectivity index (χ0) is 34.6. The summed E-state index contributed by atoms with van der Waals surface area (Å²) in [5.41, 5.74) is 1.81. The summed E-state index contributed by atoms with van der Waals surface area (Å²) >= 11 is 0. The van der Waals surface area contributed by atoms with Crippen LogP contribution in [-0.2, 0) is 12.5 Å². The summed E-state index contributed by atoms with van der Waals surface area (Å²) < 4.78 is 133. The molecule has 0 radical (unpaired) electrons. The van der Waals surface area contributed by atoms with E-state index in [1.54, 1.807) is 12.1 Å². The first-order chi connectivity index (χ1) is 22.7. The Hall–Kier alpha value is -4.93. The molecular formula is C37H27F9O2. The molecule has 0 aliphatic carbocycles. The number of alkyl halides is 5. The number of halogens is 9. The van der Waals surface area contributed by atoms with E-state index >= 15 is 4.39 Å². The van der Waals surface area contributed by atoms with Crippen molar-refractivity contribution in [1.82, 2.24) is 0 Å². The number of hydrogen-bond acceptors (Lipinski definition) is 2. The molecule has 0 aliphatic heterocycles. The fourth-order valence-electron chi connectivity index (χ4n) is 5.18. The lowest BCUT2D eigenvalue weighted by molar-refractivity contribution is -0.275. The molecule has 0 N–H and O–H groups in total. The van der Waals surface area contributed by atoms with Gasteiger partial charge in [-0.2, -0.15) is 8.78 Å². The van der Waals surface area contributed by atoms with Gasteiger partial charge in [0.05, 0.1) is 0 Å². The summed E-state index contributed by atoms with van der Waals surface area (Å²) in [4.78, 5) is 0. The quantitative estimate of drug-likeness (QED) is 0.103. The molecule has 0 saturated heterocycles. The molecule has 0 amide bonds. The predicted molar refractivity (Wildman–Crippen MR) is 163 cm³/mol. The minimum atomic E-state index is -5.25. The van der Waals surface area contributed by atoms with Crippen LogP contribution in [0.25, 0.3) is 33.4 Å². The standard InChI is InChI=1S/C37H27F9O2/c1-2-3-4-5-22-6-8-23(9-7-22)26-14-16-29(30(38)18-26)25-12-10-24(11-13-25)27-19-32(40)35(33(41)20-27)36(42,43)47-28-15-17-34(31(39)21-28)48-37(44,45)46/h6-21H,2-5H2,1H3. The summed E-state index contributed by atoms with van der Waals surface area (Å²) in [5.74, 6) is -7.91. The van der Waals surface area contributed by atoms with Crippen molar-refractivity contribution in [1.29, 1.82) is 0 Å². The van der Waals surface area contributed by atoms with E-state index in [0.717, 1.165) is 31.2 Å². The Morgan fingerprint density at radius 1 is 0.521 bits per heavy atom. The van der Waals surface area contributed by atoms with Crippen LogP contribution in [0.2, 0.25) is 0 Å². The van der Waals surface area contributed by atoms with Crippen molar-refractivity contribution in [2.24, 2.45) is 0 Å². The smallest absolute Gasteiger partial charge is 0.429 e. The number of hydrogen-bond donors (Lipinski definition) is 0. The van der Waals surface area contributed by atoms with Gasteiger partial charge in [0, 0.05) is 11.6 Å². The molecule has 0 heterocycles. The lowest BCUT2D eigenvalue weighted by Gasteiger charge is -2.20. The molecule has 48 heavy (non-hydrogen) atoms. The van der Waals surface area contributed by atoms with Crippen LogP contribution in [0.4, 0.5) is 39.5 Å². The van der Waals surface area contributed by atoms with Gasteiger partial charge in [-0.3, -0.25) is 0 Å². The summed E-state index contributed by atoms with van der Waals surface area (Å²) in [5, 5.41) is 0. The zero-order valence-corrected chi connectivity index (χ0v) is 25.3. The molecule has 5 aromatic carbocycles. The molecule has 0 spiro atoms. The van der Waals surface area contributed by atoms with Gasteiger partial charge in [-0.1, -0.05) is 80.4 Å². The molecule has 0 aromatic heterocycles. The molecule has 0 fully saturated rings. The van der Waals surface area contributed by atoms with Crippen molar-refractivity contribution in [3.8, 4) is 44.9 Å². The maximum atomic E-state index is 15.2. The monoisotopic (exact) mass is 674 g/mol. The van der Waals surface area contributed by atoms with Crippen molar-refractivity contribution in [2.75, 3.05) is 0 Å². The van der Waals surface area contributed by atoms with Gasteiger partial charge >= 0.3 is 12.5 Å². The van der Waals surface area contributed by atoms with Crippen LogP contribution in [0.5, 0.6) is 11.5 Å². The van der Waals surface area contributed by atoms with Crippen molar-refractivity contribution in [2.45, 2.75) is 45.1 Å². The Balaban J connectivity index is 1.31. The van der Waals surface area contributed by atoms with Gasteiger partial charge in [-0.25, -0.2) is 17.6 Å². The fourth-order valence-corrected chi connectivity index (χ4v) is 5.18. The molecule has 0 aliphatic rings. The van der Waals surface area contributed by atoms with E-state index < -0.39 is 52.8 Å². The van der Waals surface area contributed by atoms with Crippen LogP contribution in [0.15, 0.2) is 97.1 Å². The van der Waals surface area contributed by atoms with E-state index in [1.165, 1.54) is 35.9 Å². The van der Waals surface area contributed by atoms with Crippen LogP contribution >= 0.6 is 0 Å². The second-order valence-electron chi connectivity index (χ2n) is 11.0. The highest BCUT2D eigenvalue weighted by molar-refractivity contribution is 5.74. The van der Waals surface area contributed by atoms with Crippen LogP contribution in [0.1, 0.15) is 37.3 Å². The first kappa shape index (κ1) is 34.4. The number of benzene rings is 5. The first-order valence-electron chi connectivity index (χ1n) is 14.9. The molecule has 250 valence electrons. The minimum absolute atomic E-state index is 0.121. The summed E-state index contributed by atoms with van der Waals surface area (Å²) in [6.07, 6.45) is -5.55. The second kappa shape index (κ2) is 14.0. The van der Waals surface area contributed by atoms with Crippen molar-refractivity contribution < 1.29 is 49.0 Å². The Bertz CT molecular complexity index is 1860. The number of aryl methyl sites for hydroxylation is 1. The van der Waals surface area contributed by atoms with E-state index in [0.29, 0.717) is 35.4 Å². The highest BCUT2D eigenvalue weighted by atomic mass is 19.4. The normalized spacial score (nSPS) is 11.9. The lowest BCUT2D eigenvalue weighted by Crippen LogP contribution is -2.25. The highest BCUT2D eigenvalue weighted by Crippen LogP contribution is 2.39. The Labute approximate surface area is 270 Å². The average molecular weight is 675 g/mol. The fraction of sp³-hybridized carbons (Fsp3) is 0.189. The van der Waals surface area contributed by atoms with Crippen LogP contribution in [0, 0.1) is 23.3 Å². The van der Waals surface area contributed by atoms with Gasteiger partial charge in [-0.05, 0) is 76.6 Å². The molecule has 2 nitrogen and oxygen atoms in total. The van der Waals surface area contributed by atoms with Crippen molar-refractivity contribution in [3.05, 3.63) is 131 Å². The Kier molecular flexibility index (Phi) is 10.1. The molecule has 0 atom stereocenters. The van der Waals surface area contributed by atoms with Crippen LogP contribution in [0.3, 0.4) is 0 Å². The molecule has 5 aromatic rings. The number of ether oxygens (including phenoxy) is 2. The Morgan fingerprint density at radius 2 is 1.08 bits per heavy atom. The molecular weight excluding hydrogens is 647 g/mol. The van der Waals surface area contributed by atoms with E-state index in [4.69, 9.17) is 0 Å².